The first-order valence-corrected chi connectivity index (χ1v) is 10.6. The zero-order valence-electron chi connectivity index (χ0n) is 17.1. The van der Waals surface area contributed by atoms with Crippen LogP contribution in [-0.2, 0) is 4.79 Å². The van der Waals surface area contributed by atoms with E-state index in [-0.39, 0.29) is 11.8 Å². The minimum Gasteiger partial charge on any atom is -0.494 e. The van der Waals surface area contributed by atoms with Gasteiger partial charge in [-0.2, -0.15) is 4.98 Å². The molecule has 1 unspecified atom stereocenters. The molecule has 1 aliphatic rings. The third-order valence-corrected chi connectivity index (χ3v) is 5.50. The molecule has 3 aromatic rings. The van der Waals surface area contributed by atoms with E-state index >= 15 is 0 Å². The van der Waals surface area contributed by atoms with Crippen LogP contribution in [0.4, 0.5) is 5.69 Å². The number of aryl methyl sites for hydroxylation is 1. The first-order chi connectivity index (χ1) is 14.5. The number of rotatable bonds is 7. The molecule has 0 aliphatic carbocycles. The number of unbranched alkanes of at least 4 members (excludes halogenated alkanes) is 1. The van der Waals surface area contributed by atoms with Gasteiger partial charge in [-0.3, -0.25) is 4.79 Å². The highest BCUT2D eigenvalue weighted by atomic mass is 35.5. The van der Waals surface area contributed by atoms with Crippen LogP contribution >= 0.6 is 11.6 Å². The van der Waals surface area contributed by atoms with Crippen molar-refractivity contribution in [1.29, 1.82) is 0 Å². The molecule has 0 spiro atoms. The number of anilines is 1. The average molecular weight is 426 g/mol. The molecule has 0 bridgehead atoms. The van der Waals surface area contributed by atoms with Gasteiger partial charge in [0.1, 0.15) is 5.75 Å². The van der Waals surface area contributed by atoms with E-state index in [0.29, 0.717) is 36.3 Å². The second-order valence-corrected chi connectivity index (χ2v) is 7.96. The minimum atomic E-state index is -0.120. The molecule has 1 atom stereocenters. The van der Waals surface area contributed by atoms with Crippen LogP contribution in [0.15, 0.2) is 47.0 Å². The molecule has 1 saturated heterocycles. The van der Waals surface area contributed by atoms with Crippen molar-refractivity contribution < 1.29 is 14.1 Å². The van der Waals surface area contributed by atoms with Crippen LogP contribution in [0, 0.1) is 6.92 Å². The van der Waals surface area contributed by atoms with Crippen LogP contribution in [0.1, 0.15) is 43.5 Å². The van der Waals surface area contributed by atoms with Crippen molar-refractivity contribution in [3.8, 4) is 17.2 Å². The SMILES string of the molecule is CCCCOc1ccc(-c2nc(C3CC(=O)N(c4cc(Cl)ccc4C)C3)no2)cc1. The minimum absolute atomic E-state index is 0.0327. The molecule has 4 rings (SSSR count). The number of carbonyl (C=O) groups is 1. The summed E-state index contributed by atoms with van der Waals surface area (Å²) < 4.78 is 11.2. The van der Waals surface area contributed by atoms with Crippen molar-refractivity contribution in [1.82, 2.24) is 10.1 Å². The Labute approximate surface area is 180 Å². The second-order valence-electron chi connectivity index (χ2n) is 7.52. The molecule has 0 N–H and O–H groups in total. The summed E-state index contributed by atoms with van der Waals surface area (Å²) in [6.45, 7) is 5.31. The lowest BCUT2D eigenvalue weighted by Gasteiger charge is -2.19. The fraction of sp³-hybridized carbons (Fsp3) is 0.348. The van der Waals surface area contributed by atoms with E-state index in [4.69, 9.17) is 20.9 Å². The maximum absolute atomic E-state index is 12.6. The first-order valence-electron chi connectivity index (χ1n) is 10.2. The number of nitrogens with zero attached hydrogens (tertiary/aromatic N) is 3. The number of carbonyl (C=O) groups excluding carboxylic acids is 1. The van der Waals surface area contributed by atoms with Gasteiger partial charge in [0.25, 0.3) is 5.89 Å². The Hall–Kier alpha value is -2.86. The zero-order chi connectivity index (χ0) is 21.1. The van der Waals surface area contributed by atoms with Crippen molar-refractivity contribution in [2.75, 3.05) is 18.1 Å². The number of halogens is 1. The van der Waals surface area contributed by atoms with Gasteiger partial charge in [-0.05, 0) is 55.3 Å². The van der Waals surface area contributed by atoms with Crippen molar-refractivity contribution in [3.05, 3.63) is 58.9 Å². The van der Waals surface area contributed by atoms with Crippen LogP contribution in [0.25, 0.3) is 11.5 Å². The van der Waals surface area contributed by atoms with E-state index < -0.39 is 0 Å². The maximum atomic E-state index is 12.6. The Bertz CT molecular complexity index is 1030. The largest absolute Gasteiger partial charge is 0.494 e. The van der Waals surface area contributed by atoms with Crippen molar-refractivity contribution in [2.45, 2.75) is 39.0 Å². The quantitative estimate of drug-likeness (QED) is 0.474. The van der Waals surface area contributed by atoms with Crippen LogP contribution in [0.5, 0.6) is 5.75 Å². The lowest BCUT2D eigenvalue weighted by Crippen LogP contribution is -2.25. The molecule has 156 valence electrons. The molecule has 30 heavy (non-hydrogen) atoms. The predicted octanol–water partition coefficient (Wildman–Crippen LogP) is 5.40. The second kappa shape index (κ2) is 8.88. The third-order valence-electron chi connectivity index (χ3n) is 5.26. The highest BCUT2D eigenvalue weighted by molar-refractivity contribution is 6.31. The maximum Gasteiger partial charge on any atom is 0.257 e. The van der Waals surface area contributed by atoms with Gasteiger partial charge in [-0.15, -0.1) is 0 Å². The Morgan fingerprint density at radius 1 is 1.23 bits per heavy atom. The molecule has 1 amide bonds. The number of benzene rings is 2. The Morgan fingerprint density at radius 2 is 2.03 bits per heavy atom. The van der Waals surface area contributed by atoms with E-state index in [9.17, 15) is 4.79 Å². The molecule has 2 heterocycles. The summed E-state index contributed by atoms with van der Waals surface area (Å²) in [6.07, 6.45) is 2.47. The summed E-state index contributed by atoms with van der Waals surface area (Å²) in [6, 6.07) is 13.2. The van der Waals surface area contributed by atoms with Gasteiger partial charge in [0.15, 0.2) is 5.82 Å². The molecule has 2 aromatic carbocycles. The van der Waals surface area contributed by atoms with Crippen LogP contribution < -0.4 is 9.64 Å². The van der Waals surface area contributed by atoms with Gasteiger partial charge in [0, 0.05) is 35.2 Å². The number of ether oxygens (including phenoxy) is 1. The molecular weight excluding hydrogens is 402 g/mol. The van der Waals surface area contributed by atoms with E-state index in [1.807, 2.05) is 49.4 Å². The number of hydrogen-bond acceptors (Lipinski definition) is 5. The van der Waals surface area contributed by atoms with E-state index in [1.54, 1.807) is 4.90 Å². The fourth-order valence-electron chi connectivity index (χ4n) is 3.53. The molecule has 1 aromatic heterocycles. The summed E-state index contributed by atoms with van der Waals surface area (Å²) in [7, 11) is 0. The smallest absolute Gasteiger partial charge is 0.257 e. The number of amides is 1. The molecule has 1 aliphatic heterocycles. The molecule has 0 saturated carbocycles. The summed E-state index contributed by atoms with van der Waals surface area (Å²) in [4.78, 5) is 18.9. The lowest BCUT2D eigenvalue weighted by molar-refractivity contribution is -0.117. The topological polar surface area (TPSA) is 68.5 Å². The highest BCUT2D eigenvalue weighted by Gasteiger charge is 2.35. The van der Waals surface area contributed by atoms with Crippen molar-refractivity contribution in [3.63, 3.8) is 0 Å². The Kier molecular flexibility index (Phi) is 6.04. The van der Waals surface area contributed by atoms with Gasteiger partial charge >= 0.3 is 0 Å². The van der Waals surface area contributed by atoms with E-state index in [1.165, 1.54) is 0 Å². The van der Waals surface area contributed by atoms with Crippen molar-refractivity contribution in [2.24, 2.45) is 0 Å². The van der Waals surface area contributed by atoms with E-state index in [0.717, 1.165) is 35.4 Å². The summed E-state index contributed by atoms with van der Waals surface area (Å²) in [5.41, 5.74) is 2.66. The van der Waals surface area contributed by atoms with Crippen molar-refractivity contribution >= 4 is 23.2 Å². The normalized spacial score (nSPS) is 16.3. The van der Waals surface area contributed by atoms with E-state index in [2.05, 4.69) is 17.1 Å². The fourth-order valence-corrected chi connectivity index (χ4v) is 3.70. The van der Waals surface area contributed by atoms with Crippen LogP contribution in [-0.4, -0.2) is 29.2 Å². The monoisotopic (exact) mass is 425 g/mol. The first kappa shape index (κ1) is 20.4. The zero-order valence-corrected chi connectivity index (χ0v) is 17.9. The predicted molar refractivity (Wildman–Crippen MR) is 116 cm³/mol. The van der Waals surface area contributed by atoms with Gasteiger partial charge < -0.3 is 14.2 Å². The molecule has 1 fully saturated rings. The summed E-state index contributed by atoms with van der Waals surface area (Å²) in [5.74, 6) is 1.72. The molecule has 6 nitrogen and oxygen atoms in total. The molecule has 0 radical (unpaired) electrons. The Morgan fingerprint density at radius 3 is 2.80 bits per heavy atom. The third kappa shape index (κ3) is 4.33. The van der Waals surface area contributed by atoms with Crippen LogP contribution in [0.2, 0.25) is 5.02 Å². The van der Waals surface area contributed by atoms with Gasteiger partial charge in [-0.1, -0.05) is 36.2 Å². The number of hydrogen-bond donors (Lipinski definition) is 0. The van der Waals surface area contributed by atoms with Gasteiger partial charge in [0.05, 0.1) is 6.61 Å². The lowest BCUT2D eigenvalue weighted by atomic mass is 10.1. The van der Waals surface area contributed by atoms with Gasteiger partial charge in [0.2, 0.25) is 5.91 Å². The average Bonchev–Trinajstić information content (AvgIpc) is 3.38. The summed E-state index contributed by atoms with van der Waals surface area (Å²) >= 11 is 6.13. The molecule has 7 heteroatoms. The highest BCUT2D eigenvalue weighted by Crippen LogP contribution is 2.34. The van der Waals surface area contributed by atoms with Gasteiger partial charge in [-0.25, -0.2) is 0 Å². The standard InChI is InChI=1S/C23H24ClN3O3/c1-3-4-11-29-19-9-6-16(7-10-19)23-25-22(26-30-23)17-12-21(28)27(14-17)20-13-18(24)8-5-15(20)2/h5-10,13,17H,3-4,11-12,14H2,1-2H3. The number of aromatic nitrogens is 2. The Balaban J connectivity index is 1.46. The molecular formula is C23H24ClN3O3. The van der Waals surface area contributed by atoms with Crippen LogP contribution in [0.3, 0.4) is 0 Å². The summed E-state index contributed by atoms with van der Waals surface area (Å²) in [5, 5.41) is 4.75.